The van der Waals surface area contributed by atoms with Gasteiger partial charge in [0.2, 0.25) is 0 Å². The summed E-state index contributed by atoms with van der Waals surface area (Å²) in [7, 11) is 0. The van der Waals surface area contributed by atoms with E-state index in [1.807, 2.05) is 0 Å². The van der Waals surface area contributed by atoms with Crippen LogP contribution in [0, 0.1) is 0 Å². The third kappa shape index (κ3) is 4.44. The fourth-order valence-corrected chi connectivity index (χ4v) is 2.11. The molecule has 1 amide bonds. The van der Waals surface area contributed by atoms with Gasteiger partial charge in [-0.2, -0.15) is 0 Å². The summed E-state index contributed by atoms with van der Waals surface area (Å²) in [6.45, 7) is 0.387. The number of amides is 1. The first-order valence-corrected chi connectivity index (χ1v) is 6.01. The molecule has 0 fully saturated rings. The second kappa shape index (κ2) is 5.87. The summed E-state index contributed by atoms with van der Waals surface area (Å²) >= 11 is 4.70. The first kappa shape index (κ1) is 12.2. The summed E-state index contributed by atoms with van der Waals surface area (Å²) in [6, 6.07) is 1.73. The number of thiophene rings is 1. The lowest BCUT2D eigenvalue weighted by atomic mass is 10.3. The minimum absolute atomic E-state index is 0.0770. The van der Waals surface area contributed by atoms with Crippen molar-refractivity contribution in [1.82, 2.24) is 5.32 Å². The van der Waals surface area contributed by atoms with Crippen molar-refractivity contribution >= 4 is 39.1 Å². The highest BCUT2D eigenvalue weighted by molar-refractivity contribution is 9.11. The normalized spacial score (nSPS) is 9.93. The van der Waals surface area contributed by atoms with Crippen LogP contribution in [0.5, 0.6) is 0 Å². The maximum atomic E-state index is 11.4. The minimum Gasteiger partial charge on any atom is -0.481 e. The molecule has 1 aromatic heterocycles. The highest BCUT2D eigenvalue weighted by atomic mass is 79.9. The Kier molecular flexibility index (Phi) is 4.77. The van der Waals surface area contributed by atoms with Gasteiger partial charge in [-0.15, -0.1) is 11.3 Å². The molecule has 0 atom stereocenters. The maximum Gasteiger partial charge on any atom is 0.303 e. The van der Waals surface area contributed by atoms with Crippen LogP contribution in [0.25, 0.3) is 0 Å². The Morgan fingerprint density at radius 3 is 2.80 bits per heavy atom. The number of nitrogens with one attached hydrogen (secondary N) is 1. The molecule has 1 aromatic rings. The third-order valence-corrected chi connectivity index (χ3v) is 3.19. The predicted molar refractivity (Wildman–Crippen MR) is 61.2 cm³/mol. The van der Waals surface area contributed by atoms with Crippen LogP contribution in [0.3, 0.4) is 0 Å². The van der Waals surface area contributed by atoms with Crippen molar-refractivity contribution in [2.24, 2.45) is 0 Å². The molecule has 0 aliphatic carbocycles. The van der Waals surface area contributed by atoms with E-state index in [0.29, 0.717) is 18.5 Å². The molecule has 4 nitrogen and oxygen atoms in total. The summed E-state index contributed by atoms with van der Waals surface area (Å²) in [6.07, 6.45) is 0.528. The van der Waals surface area contributed by atoms with Crippen LogP contribution in [-0.4, -0.2) is 23.5 Å². The van der Waals surface area contributed by atoms with Gasteiger partial charge in [0, 0.05) is 18.3 Å². The van der Waals surface area contributed by atoms with Crippen LogP contribution in [0.1, 0.15) is 23.2 Å². The third-order valence-electron chi connectivity index (χ3n) is 1.68. The van der Waals surface area contributed by atoms with Crippen molar-refractivity contribution in [3.8, 4) is 0 Å². The molecule has 2 N–H and O–H groups in total. The van der Waals surface area contributed by atoms with Crippen molar-refractivity contribution in [2.45, 2.75) is 12.8 Å². The lowest BCUT2D eigenvalue weighted by Crippen LogP contribution is -2.24. The number of carboxylic acid groups (broad SMARTS) is 1. The molecule has 1 rings (SSSR count). The maximum absolute atomic E-state index is 11.4. The number of carbonyl (C=O) groups excluding carboxylic acids is 1. The smallest absolute Gasteiger partial charge is 0.303 e. The van der Waals surface area contributed by atoms with Crippen molar-refractivity contribution in [3.63, 3.8) is 0 Å². The van der Waals surface area contributed by atoms with E-state index in [4.69, 9.17) is 5.11 Å². The fourth-order valence-electron chi connectivity index (χ4n) is 0.973. The van der Waals surface area contributed by atoms with Crippen molar-refractivity contribution < 1.29 is 14.7 Å². The quantitative estimate of drug-likeness (QED) is 0.817. The van der Waals surface area contributed by atoms with E-state index >= 15 is 0 Å². The van der Waals surface area contributed by atoms with Gasteiger partial charge in [-0.05, 0) is 28.4 Å². The summed E-state index contributed by atoms with van der Waals surface area (Å²) < 4.78 is 0.901. The number of carboxylic acids is 1. The van der Waals surface area contributed by atoms with Crippen LogP contribution in [0.2, 0.25) is 0 Å². The van der Waals surface area contributed by atoms with Crippen LogP contribution < -0.4 is 5.32 Å². The van der Waals surface area contributed by atoms with Gasteiger partial charge in [0.05, 0.1) is 9.35 Å². The van der Waals surface area contributed by atoms with Crippen LogP contribution in [-0.2, 0) is 4.79 Å². The summed E-state index contributed by atoms with van der Waals surface area (Å²) in [5, 5.41) is 12.8. The SMILES string of the molecule is O=C(O)CCCNC(=O)c1csc(Br)c1. The molecule has 0 spiro atoms. The van der Waals surface area contributed by atoms with Crippen LogP contribution in [0.15, 0.2) is 15.2 Å². The molecule has 0 aliphatic heterocycles. The molecule has 0 unspecified atom stereocenters. The average molecular weight is 292 g/mol. The van der Waals surface area contributed by atoms with Crippen LogP contribution in [0.4, 0.5) is 0 Å². The minimum atomic E-state index is -0.845. The molecular formula is C9H10BrNO3S. The second-order valence-electron chi connectivity index (χ2n) is 2.89. The Hall–Kier alpha value is -0.880. The van der Waals surface area contributed by atoms with Gasteiger partial charge in [-0.1, -0.05) is 0 Å². The van der Waals surface area contributed by atoms with Gasteiger partial charge < -0.3 is 10.4 Å². The van der Waals surface area contributed by atoms with Gasteiger partial charge >= 0.3 is 5.97 Å². The zero-order valence-corrected chi connectivity index (χ0v) is 10.2. The molecule has 15 heavy (non-hydrogen) atoms. The largest absolute Gasteiger partial charge is 0.481 e. The Balaban J connectivity index is 2.28. The number of halogens is 1. The Labute approximate surface area is 99.4 Å². The monoisotopic (exact) mass is 291 g/mol. The summed E-state index contributed by atoms with van der Waals surface area (Å²) in [4.78, 5) is 21.6. The Morgan fingerprint density at radius 2 is 2.27 bits per heavy atom. The summed E-state index contributed by atoms with van der Waals surface area (Å²) in [5.41, 5.74) is 0.599. The highest BCUT2D eigenvalue weighted by Crippen LogP contribution is 2.20. The molecule has 0 saturated heterocycles. The lowest BCUT2D eigenvalue weighted by Gasteiger charge is -2.01. The first-order chi connectivity index (χ1) is 7.09. The molecule has 0 bridgehead atoms. The van der Waals surface area contributed by atoms with Gasteiger partial charge in [-0.25, -0.2) is 0 Å². The van der Waals surface area contributed by atoms with Gasteiger partial charge in [0.25, 0.3) is 5.91 Å². The van der Waals surface area contributed by atoms with Crippen molar-refractivity contribution in [2.75, 3.05) is 6.54 Å². The number of rotatable bonds is 5. The van der Waals surface area contributed by atoms with Gasteiger partial charge in [-0.3, -0.25) is 9.59 Å². The van der Waals surface area contributed by atoms with E-state index in [1.165, 1.54) is 11.3 Å². The van der Waals surface area contributed by atoms with Crippen molar-refractivity contribution in [1.29, 1.82) is 0 Å². The molecule has 0 saturated carbocycles. The van der Waals surface area contributed by atoms with E-state index in [2.05, 4.69) is 21.2 Å². The molecule has 82 valence electrons. The summed E-state index contributed by atoms with van der Waals surface area (Å²) in [5.74, 6) is -1.01. The van der Waals surface area contributed by atoms with Gasteiger partial charge in [0.15, 0.2) is 0 Å². The number of hydrogen-bond acceptors (Lipinski definition) is 3. The first-order valence-electron chi connectivity index (χ1n) is 4.33. The fraction of sp³-hybridized carbons (Fsp3) is 0.333. The molecule has 0 aromatic carbocycles. The van der Waals surface area contributed by atoms with Gasteiger partial charge in [0.1, 0.15) is 0 Å². The van der Waals surface area contributed by atoms with E-state index < -0.39 is 5.97 Å². The topological polar surface area (TPSA) is 66.4 Å². The van der Waals surface area contributed by atoms with E-state index in [9.17, 15) is 9.59 Å². The number of hydrogen-bond donors (Lipinski definition) is 2. The zero-order valence-electron chi connectivity index (χ0n) is 7.83. The molecule has 0 aliphatic rings. The molecule has 0 radical (unpaired) electrons. The van der Waals surface area contributed by atoms with E-state index in [-0.39, 0.29) is 12.3 Å². The molecule has 6 heteroatoms. The van der Waals surface area contributed by atoms with Crippen molar-refractivity contribution in [3.05, 3.63) is 20.8 Å². The highest BCUT2D eigenvalue weighted by Gasteiger charge is 2.07. The number of aliphatic carboxylic acids is 1. The standard InChI is InChI=1S/C9H10BrNO3S/c10-7-4-6(5-15-7)9(14)11-3-1-2-8(12)13/h4-5H,1-3H2,(H,11,14)(H,12,13). The predicted octanol–water partition coefficient (Wildman–Crippen LogP) is 2.11. The second-order valence-corrected chi connectivity index (χ2v) is 5.18. The molecular weight excluding hydrogens is 282 g/mol. The Morgan fingerprint density at radius 1 is 1.53 bits per heavy atom. The van der Waals surface area contributed by atoms with E-state index in [1.54, 1.807) is 11.4 Å². The number of carbonyl (C=O) groups is 2. The van der Waals surface area contributed by atoms with Crippen LogP contribution >= 0.6 is 27.3 Å². The molecule has 1 heterocycles. The zero-order chi connectivity index (χ0) is 11.3. The van der Waals surface area contributed by atoms with E-state index in [0.717, 1.165) is 3.79 Å². The lowest BCUT2D eigenvalue weighted by molar-refractivity contribution is -0.137. The Bertz CT molecular complexity index is 364. The average Bonchev–Trinajstić information content (AvgIpc) is 2.59.